The number of nitrogens with one attached hydrogen (secondary N) is 1. The van der Waals surface area contributed by atoms with Crippen LogP contribution in [0, 0.1) is 6.92 Å². The summed E-state index contributed by atoms with van der Waals surface area (Å²) in [7, 11) is 0. The van der Waals surface area contributed by atoms with Crippen molar-refractivity contribution in [3.63, 3.8) is 0 Å². The zero-order valence-corrected chi connectivity index (χ0v) is 18.6. The summed E-state index contributed by atoms with van der Waals surface area (Å²) in [6, 6.07) is 4.00. The molecule has 32 heavy (non-hydrogen) atoms. The topological polar surface area (TPSA) is 83.8 Å². The Morgan fingerprint density at radius 1 is 1.06 bits per heavy atom. The molecule has 3 aliphatic rings. The molecule has 0 unspecified atom stereocenters. The second-order valence-electron chi connectivity index (χ2n) is 8.75. The van der Waals surface area contributed by atoms with E-state index in [0.29, 0.717) is 58.3 Å². The maximum Gasteiger partial charge on any atom is 0.251 e. The smallest absolute Gasteiger partial charge is 0.251 e. The van der Waals surface area contributed by atoms with Crippen LogP contribution in [0.25, 0.3) is 11.3 Å². The number of carbonyl (C=O) groups excluding carboxylic acids is 1. The highest BCUT2D eigenvalue weighted by Gasteiger charge is 2.24. The first kappa shape index (κ1) is 21.6. The zero-order chi connectivity index (χ0) is 21.9. The monoisotopic (exact) mass is 441 g/mol. The molecule has 2 saturated heterocycles. The minimum absolute atomic E-state index is 0.0393. The van der Waals surface area contributed by atoms with Gasteiger partial charge in [0.15, 0.2) is 0 Å². The molecular formula is C24H31N3O5. The Hall–Kier alpha value is -2.26. The van der Waals surface area contributed by atoms with Gasteiger partial charge in [-0.1, -0.05) is 0 Å². The van der Waals surface area contributed by atoms with E-state index in [9.17, 15) is 4.79 Å². The van der Waals surface area contributed by atoms with E-state index in [-0.39, 0.29) is 18.1 Å². The number of benzene rings is 1. The predicted octanol–water partition coefficient (Wildman–Crippen LogP) is 1.91. The summed E-state index contributed by atoms with van der Waals surface area (Å²) in [6.07, 6.45) is 5.05. The molecular weight excluding hydrogens is 410 g/mol. The van der Waals surface area contributed by atoms with Gasteiger partial charge in [0.25, 0.3) is 5.91 Å². The van der Waals surface area contributed by atoms with Gasteiger partial charge in [-0.15, -0.1) is 0 Å². The molecule has 8 nitrogen and oxygen atoms in total. The van der Waals surface area contributed by atoms with Gasteiger partial charge in [-0.2, -0.15) is 5.10 Å². The van der Waals surface area contributed by atoms with Crippen LogP contribution in [-0.2, 0) is 38.3 Å². The largest absolute Gasteiger partial charge is 0.376 e. The Bertz CT molecular complexity index is 961. The van der Waals surface area contributed by atoms with E-state index in [2.05, 4.69) is 18.4 Å². The van der Waals surface area contributed by atoms with Crippen LogP contribution in [0.3, 0.4) is 0 Å². The maximum atomic E-state index is 12.8. The molecule has 2 aromatic rings. The van der Waals surface area contributed by atoms with Crippen LogP contribution < -0.4 is 5.32 Å². The lowest BCUT2D eigenvalue weighted by Crippen LogP contribution is -2.39. The molecule has 2 atom stereocenters. The minimum atomic E-state index is -0.0836. The molecule has 0 bridgehead atoms. The molecule has 2 fully saturated rings. The number of fused-ring (bicyclic) bond motifs is 3. The van der Waals surface area contributed by atoms with E-state index < -0.39 is 0 Å². The van der Waals surface area contributed by atoms with E-state index in [0.717, 1.165) is 36.1 Å². The lowest BCUT2D eigenvalue weighted by molar-refractivity contribution is -0.0946. The lowest BCUT2D eigenvalue weighted by Gasteiger charge is -2.23. The third-order valence-electron chi connectivity index (χ3n) is 6.30. The average Bonchev–Trinajstić information content (AvgIpc) is 3.11. The molecule has 1 aliphatic carbocycles. The summed E-state index contributed by atoms with van der Waals surface area (Å²) in [5.41, 5.74) is 6.41. The summed E-state index contributed by atoms with van der Waals surface area (Å²) in [5.74, 6) is -0.0745. The highest BCUT2D eigenvalue weighted by atomic mass is 16.6. The Labute approximate surface area is 188 Å². The number of amides is 1. The molecule has 0 radical (unpaired) electrons. The van der Waals surface area contributed by atoms with Crippen molar-refractivity contribution in [2.24, 2.45) is 0 Å². The van der Waals surface area contributed by atoms with Crippen molar-refractivity contribution in [3.8, 4) is 11.3 Å². The second-order valence-corrected chi connectivity index (χ2v) is 8.75. The summed E-state index contributed by atoms with van der Waals surface area (Å²) >= 11 is 0. The van der Waals surface area contributed by atoms with Crippen molar-refractivity contribution >= 4 is 5.91 Å². The first-order valence-electron chi connectivity index (χ1n) is 11.5. The number of nitrogens with zero attached hydrogens (tertiary/aromatic N) is 2. The molecule has 1 aromatic heterocycles. The number of carbonyl (C=O) groups is 1. The minimum Gasteiger partial charge on any atom is -0.376 e. The van der Waals surface area contributed by atoms with Crippen molar-refractivity contribution in [1.29, 1.82) is 0 Å². The lowest BCUT2D eigenvalue weighted by atomic mass is 9.94. The Morgan fingerprint density at radius 3 is 2.56 bits per heavy atom. The van der Waals surface area contributed by atoms with Gasteiger partial charge in [-0.05, 0) is 55.0 Å². The van der Waals surface area contributed by atoms with Crippen LogP contribution >= 0.6 is 0 Å². The van der Waals surface area contributed by atoms with Crippen molar-refractivity contribution in [2.75, 3.05) is 46.2 Å². The molecule has 0 saturated carbocycles. The summed E-state index contributed by atoms with van der Waals surface area (Å²) in [5, 5.41) is 7.93. The molecule has 1 aromatic carbocycles. The van der Waals surface area contributed by atoms with Gasteiger partial charge in [-0.25, -0.2) is 0 Å². The van der Waals surface area contributed by atoms with Crippen LogP contribution in [0.2, 0.25) is 0 Å². The van der Waals surface area contributed by atoms with Crippen LogP contribution in [0.5, 0.6) is 0 Å². The molecule has 5 rings (SSSR count). The second kappa shape index (κ2) is 9.70. The third-order valence-corrected chi connectivity index (χ3v) is 6.30. The molecule has 172 valence electrons. The van der Waals surface area contributed by atoms with E-state index in [1.165, 1.54) is 11.1 Å². The number of rotatable bonds is 5. The van der Waals surface area contributed by atoms with E-state index in [1.54, 1.807) is 0 Å². The fraction of sp³-hybridized carbons (Fsp3) is 0.583. The number of aryl methyl sites for hydroxylation is 3. The Morgan fingerprint density at radius 2 is 1.81 bits per heavy atom. The van der Waals surface area contributed by atoms with Gasteiger partial charge in [0.05, 0.1) is 58.0 Å². The van der Waals surface area contributed by atoms with Crippen molar-refractivity contribution in [3.05, 3.63) is 40.6 Å². The number of aromatic nitrogens is 2. The summed E-state index contributed by atoms with van der Waals surface area (Å²) < 4.78 is 24.3. The van der Waals surface area contributed by atoms with Gasteiger partial charge in [0.2, 0.25) is 0 Å². The highest BCUT2D eigenvalue weighted by molar-refractivity contribution is 5.95. The van der Waals surface area contributed by atoms with Gasteiger partial charge in [0.1, 0.15) is 6.10 Å². The Balaban J connectivity index is 1.34. The number of hydrogen-bond acceptors (Lipinski definition) is 6. The summed E-state index contributed by atoms with van der Waals surface area (Å²) in [6.45, 7) is 6.84. The normalized spacial score (nSPS) is 23.2. The molecule has 3 heterocycles. The fourth-order valence-corrected chi connectivity index (χ4v) is 4.76. The van der Waals surface area contributed by atoms with E-state index in [4.69, 9.17) is 24.0 Å². The first-order valence-corrected chi connectivity index (χ1v) is 11.5. The van der Waals surface area contributed by atoms with Crippen molar-refractivity contribution < 1.29 is 23.7 Å². The molecule has 1 amide bonds. The van der Waals surface area contributed by atoms with E-state index in [1.807, 2.05) is 16.8 Å². The quantitative estimate of drug-likeness (QED) is 0.763. The zero-order valence-electron chi connectivity index (χ0n) is 18.6. The van der Waals surface area contributed by atoms with Crippen LogP contribution in [-0.4, -0.2) is 74.1 Å². The van der Waals surface area contributed by atoms with Crippen LogP contribution in [0.4, 0.5) is 0 Å². The predicted molar refractivity (Wildman–Crippen MR) is 118 cm³/mol. The number of hydrogen-bond donors (Lipinski definition) is 1. The van der Waals surface area contributed by atoms with Crippen LogP contribution in [0.1, 0.15) is 33.5 Å². The van der Waals surface area contributed by atoms with Gasteiger partial charge in [-0.3, -0.25) is 9.48 Å². The molecule has 8 heteroatoms. The SMILES string of the molecule is Cc1cc(C(=O)NC[C@@H]2COCCO2)cc2c1-c1nn(C[C@H]3COCCO3)cc1CCC2. The first-order chi connectivity index (χ1) is 15.7. The third kappa shape index (κ3) is 4.73. The molecule has 1 N–H and O–H groups in total. The standard InChI is InChI=1S/C24H31N3O5/c1-16-9-19(24(28)25-11-20-14-29-5-7-31-20)10-17-3-2-4-18-12-27(26-23(18)22(16)17)13-21-15-30-6-8-32-21/h9-10,12,20-21H,2-8,11,13-15H2,1H3,(H,25,28)/t20-,21+/m1/s1. The van der Waals surface area contributed by atoms with Gasteiger partial charge < -0.3 is 24.3 Å². The molecule has 2 aliphatic heterocycles. The van der Waals surface area contributed by atoms with Crippen LogP contribution in [0.15, 0.2) is 18.3 Å². The van der Waals surface area contributed by atoms with Crippen molar-refractivity contribution in [2.45, 2.75) is 44.9 Å². The summed E-state index contributed by atoms with van der Waals surface area (Å²) in [4.78, 5) is 12.8. The van der Waals surface area contributed by atoms with E-state index >= 15 is 0 Å². The fourth-order valence-electron chi connectivity index (χ4n) is 4.76. The van der Waals surface area contributed by atoms with Gasteiger partial charge >= 0.3 is 0 Å². The average molecular weight is 442 g/mol. The number of ether oxygens (including phenoxy) is 4. The Kier molecular flexibility index (Phi) is 6.54. The maximum absolute atomic E-state index is 12.8. The molecule has 0 spiro atoms. The van der Waals surface area contributed by atoms with Crippen molar-refractivity contribution in [1.82, 2.24) is 15.1 Å². The van der Waals surface area contributed by atoms with Gasteiger partial charge in [0, 0.05) is 23.9 Å². The highest BCUT2D eigenvalue weighted by Crippen LogP contribution is 2.35.